The fraction of sp³-hybridized carbons (Fsp3) is 0.154. The lowest BCUT2D eigenvalue weighted by Crippen LogP contribution is -2.15. The molecule has 0 fully saturated rings. The molecular weight excluding hydrogens is 246 g/mol. The van der Waals surface area contributed by atoms with Gasteiger partial charge in [0.05, 0.1) is 18.1 Å². The van der Waals surface area contributed by atoms with Gasteiger partial charge >= 0.3 is 0 Å². The molecule has 2 N–H and O–H groups in total. The number of primary amides is 1. The molecule has 6 nitrogen and oxygen atoms in total. The van der Waals surface area contributed by atoms with Gasteiger partial charge in [0.15, 0.2) is 11.5 Å². The average molecular weight is 257 g/mol. The third kappa shape index (κ3) is 2.20. The SMILES string of the molecule is NC(=O)c1cncc(-c2ccc3c(c2)OCCO3)n1. The van der Waals surface area contributed by atoms with Crippen LogP contribution in [0.5, 0.6) is 11.5 Å². The minimum atomic E-state index is -0.605. The van der Waals surface area contributed by atoms with Crippen LogP contribution in [0.2, 0.25) is 0 Å². The van der Waals surface area contributed by atoms with E-state index >= 15 is 0 Å². The predicted molar refractivity (Wildman–Crippen MR) is 67.0 cm³/mol. The Bertz CT molecular complexity index is 643. The van der Waals surface area contributed by atoms with Gasteiger partial charge in [-0.05, 0) is 18.2 Å². The zero-order valence-electron chi connectivity index (χ0n) is 10.00. The van der Waals surface area contributed by atoms with Gasteiger partial charge in [-0.3, -0.25) is 9.78 Å². The highest BCUT2D eigenvalue weighted by atomic mass is 16.6. The number of benzene rings is 1. The lowest BCUT2D eigenvalue weighted by atomic mass is 10.1. The average Bonchev–Trinajstić information content (AvgIpc) is 2.47. The molecule has 2 aromatic rings. The monoisotopic (exact) mass is 257 g/mol. The smallest absolute Gasteiger partial charge is 0.268 e. The Balaban J connectivity index is 2.02. The highest BCUT2D eigenvalue weighted by molar-refractivity contribution is 5.90. The second-order valence-corrected chi connectivity index (χ2v) is 4.01. The summed E-state index contributed by atoms with van der Waals surface area (Å²) in [5.41, 5.74) is 6.67. The summed E-state index contributed by atoms with van der Waals surface area (Å²) < 4.78 is 10.9. The predicted octanol–water partition coefficient (Wildman–Crippen LogP) is 1.01. The first-order valence-corrected chi connectivity index (χ1v) is 5.76. The van der Waals surface area contributed by atoms with Gasteiger partial charge in [0.1, 0.15) is 18.9 Å². The number of nitrogens with zero attached hydrogens (tertiary/aromatic N) is 2. The van der Waals surface area contributed by atoms with Gasteiger partial charge in [-0.1, -0.05) is 0 Å². The summed E-state index contributed by atoms with van der Waals surface area (Å²) >= 11 is 0. The second kappa shape index (κ2) is 4.56. The van der Waals surface area contributed by atoms with E-state index in [-0.39, 0.29) is 5.69 Å². The standard InChI is InChI=1S/C13H11N3O3/c14-13(17)10-7-15-6-9(16-10)8-1-2-11-12(5-8)19-4-3-18-11/h1-2,5-7H,3-4H2,(H2,14,17). The van der Waals surface area contributed by atoms with Crippen molar-refractivity contribution in [3.8, 4) is 22.8 Å². The molecule has 1 aromatic carbocycles. The number of ether oxygens (including phenoxy) is 2. The third-order valence-corrected chi connectivity index (χ3v) is 2.72. The quantitative estimate of drug-likeness (QED) is 0.867. The first kappa shape index (κ1) is 11.5. The first-order chi connectivity index (χ1) is 9.24. The number of hydrogen-bond donors (Lipinski definition) is 1. The number of carbonyl (C=O) groups excluding carboxylic acids is 1. The highest BCUT2D eigenvalue weighted by Gasteiger charge is 2.13. The van der Waals surface area contributed by atoms with Gasteiger partial charge in [-0.2, -0.15) is 0 Å². The van der Waals surface area contributed by atoms with E-state index in [1.54, 1.807) is 6.20 Å². The Morgan fingerprint density at radius 3 is 2.74 bits per heavy atom. The zero-order valence-corrected chi connectivity index (χ0v) is 10.00. The summed E-state index contributed by atoms with van der Waals surface area (Å²) in [6.45, 7) is 1.06. The molecule has 3 rings (SSSR count). The maximum Gasteiger partial charge on any atom is 0.268 e. The maximum atomic E-state index is 11.1. The minimum absolute atomic E-state index is 0.132. The van der Waals surface area contributed by atoms with E-state index in [0.29, 0.717) is 30.4 Å². The van der Waals surface area contributed by atoms with Crippen molar-refractivity contribution in [2.45, 2.75) is 0 Å². The molecule has 1 amide bonds. The van der Waals surface area contributed by atoms with E-state index < -0.39 is 5.91 Å². The molecule has 0 unspecified atom stereocenters. The number of fused-ring (bicyclic) bond motifs is 1. The molecule has 0 saturated carbocycles. The summed E-state index contributed by atoms with van der Waals surface area (Å²) in [6.07, 6.45) is 2.90. The molecule has 19 heavy (non-hydrogen) atoms. The normalized spacial score (nSPS) is 13.1. The first-order valence-electron chi connectivity index (χ1n) is 5.76. The van der Waals surface area contributed by atoms with Crippen LogP contribution in [-0.4, -0.2) is 29.1 Å². The van der Waals surface area contributed by atoms with Crippen LogP contribution in [0.15, 0.2) is 30.6 Å². The number of rotatable bonds is 2. The Labute approximate surface area is 109 Å². The van der Waals surface area contributed by atoms with Crippen molar-refractivity contribution in [1.82, 2.24) is 9.97 Å². The molecule has 0 atom stereocenters. The molecule has 0 aliphatic carbocycles. The largest absolute Gasteiger partial charge is 0.486 e. The van der Waals surface area contributed by atoms with E-state index in [0.717, 1.165) is 5.56 Å². The van der Waals surface area contributed by atoms with Crippen molar-refractivity contribution in [3.63, 3.8) is 0 Å². The molecule has 1 aliphatic rings. The van der Waals surface area contributed by atoms with E-state index in [1.165, 1.54) is 6.20 Å². The van der Waals surface area contributed by atoms with Gasteiger partial charge in [-0.15, -0.1) is 0 Å². The van der Waals surface area contributed by atoms with Crippen LogP contribution in [0.25, 0.3) is 11.3 Å². The van der Waals surface area contributed by atoms with E-state index in [2.05, 4.69) is 9.97 Å². The van der Waals surface area contributed by atoms with Crippen LogP contribution in [0.1, 0.15) is 10.5 Å². The van der Waals surface area contributed by atoms with Crippen molar-refractivity contribution in [2.75, 3.05) is 13.2 Å². The molecule has 0 saturated heterocycles. The molecule has 1 aromatic heterocycles. The van der Waals surface area contributed by atoms with Crippen LogP contribution in [0.4, 0.5) is 0 Å². The number of amides is 1. The van der Waals surface area contributed by atoms with Crippen molar-refractivity contribution < 1.29 is 14.3 Å². The highest BCUT2D eigenvalue weighted by Crippen LogP contribution is 2.33. The van der Waals surface area contributed by atoms with Crippen LogP contribution in [-0.2, 0) is 0 Å². The molecule has 1 aliphatic heterocycles. The number of hydrogen-bond acceptors (Lipinski definition) is 5. The zero-order chi connectivity index (χ0) is 13.2. The number of nitrogens with two attached hydrogens (primary N) is 1. The lowest BCUT2D eigenvalue weighted by molar-refractivity contribution is 0.0995. The Kier molecular flexibility index (Phi) is 2.75. The maximum absolute atomic E-state index is 11.1. The molecule has 0 radical (unpaired) electrons. The lowest BCUT2D eigenvalue weighted by Gasteiger charge is -2.18. The van der Waals surface area contributed by atoms with Gasteiger partial charge in [-0.25, -0.2) is 4.98 Å². The van der Waals surface area contributed by atoms with Crippen LogP contribution in [0, 0.1) is 0 Å². The Morgan fingerprint density at radius 2 is 1.95 bits per heavy atom. The van der Waals surface area contributed by atoms with Gasteiger partial charge in [0, 0.05) is 5.56 Å². The number of aromatic nitrogens is 2. The molecule has 96 valence electrons. The Morgan fingerprint density at radius 1 is 1.16 bits per heavy atom. The summed E-state index contributed by atoms with van der Waals surface area (Å²) in [4.78, 5) is 19.2. The van der Waals surface area contributed by atoms with Gasteiger partial charge in [0.2, 0.25) is 0 Å². The Hall–Kier alpha value is -2.63. The van der Waals surface area contributed by atoms with Crippen molar-refractivity contribution in [1.29, 1.82) is 0 Å². The van der Waals surface area contributed by atoms with Crippen molar-refractivity contribution in [2.24, 2.45) is 5.73 Å². The number of carbonyl (C=O) groups is 1. The van der Waals surface area contributed by atoms with Crippen molar-refractivity contribution in [3.05, 3.63) is 36.3 Å². The van der Waals surface area contributed by atoms with E-state index in [4.69, 9.17) is 15.2 Å². The van der Waals surface area contributed by atoms with Crippen LogP contribution in [0.3, 0.4) is 0 Å². The summed E-state index contributed by atoms with van der Waals surface area (Å²) in [5, 5.41) is 0. The minimum Gasteiger partial charge on any atom is -0.486 e. The summed E-state index contributed by atoms with van der Waals surface area (Å²) in [6, 6.07) is 5.45. The fourth-order valence-electron chi connectivity index (χ4n) is 1.83. The molecule has 0 spiro atoms. The molecule has 0 bridgehead atoms. The van der Waals surface area contributed by atoms with Crippen molar-refractivity contribution >= 4 is 5.91 Å². The molecule has 6 heteroatoms. The fourth-order valence-corrected chi connectivity index (χ4v) is 1.83. The second-order valence-electron chi connectivity index (χ2n) is 4.01. The topological polar surface area (TPSA) is 87.3 Å². The van der Waals surface area contributed by atoms with Gasteiger partial charge in [0.25, 0.3) is 5.91 Å². The van der Waals surface area contributed by atoms with Crippen LogP contribution >= 0.6 is 0 Å². The van der Waals surface area contributed by atoms with E-state index in [9.17, 15) is 4.79 Å². The molecule has 2 heterocycles. The van der Waals surface area contributed by atoms with Crippen LogP contribution < -0.4 is 15.2 Å². The summed E-state index contributed by atoms with van der Waals surface area (Å²) in [5.74, 6) is 0.760. The van der Waals surface area contributed by atoms with E-state index in [1.807, 2.05) is 18.2 Å². The summed E-state index contributed by atoms with van der Waals surface area (Å²) in [7, 11) is 0. The third-order valence-electron chi connectivity index (χ3n) is 2.72. The molecular formula is C13H11N3O3. The van der Waals surface area contributed by atoms with Gasteiger partial charge < -0.3 is 15.2 Å².